The van der Waals surface area contributed by atoms with Gasteiger partial charge in [0.15, 0.2) is 0 Å². The zero-order valence-electron chi connectivity index (χ0n) is 15.8. The lowest BCUT2D eigenvalue weighted by Gasteiger charge is -2.13. The summed E-state index contributed by atoms with van der Waals surface area (Å²) in [5.41, 5.74) is 3.50. The van der Waals surface area contributed by atoms with Gasteiger partial charge in [-0.25, -0.2) is 9.97 Å². The van der Waals surface area contributed by atoms with E-state index in [9.17, 15) is 0 Å². The molecule has 1 aliphatic rings. The molecule has 0 radical (unpaired) electrons. The molecule has 0 atom stereocenters. The minimum Gasteiger partial charge on any atom is -0.489 e. The second-order valence-electron chi connectivity index (χ2n) is 7.18. The second kappa shape index (κ2) is 8.01. The highest BCUT2D eigenvalue weighted by molar-refractivity contribution is 7.19. The zero-order valence-corrected chi connectivity index (χ0v) is 17.4. The third-order valence-corrected chi connectivity index (χ3v) is 6.64. The summed E-state index contributed by atoms with van der Waals surface area (Å²) in [5, 5.41) is 5.40. The number of aromatic nitrogens is 2. The van der Waals surface area contributed by atoms with Gasteiger partial charge in [-0.3, -0.25) is 0 Å². The Hall–Kier alpha value is -2.63. The topological polar surface area (TPSA) is 47.0 Å². The van der Waals surface area contributed by atoms with E-state index in [1.54, 1.807) is 6.33 Å². The molecule has 0 spiro atoms. The van der Waals surface area contributed by atoms with E-state index in [1.165, 1.54) is 28.7 Å². The molecule has 0 aliphatic heterocycles. The Morgan fingerprint density at radius 3 is 2.59 bits per heavy atom. The van der Waals surface area contributed by atoms with Crippen LogP contribution in [0.4, 0.5) is 11.5 Å². The molecule has 146 valence electrons. The summed E-state index contributed by atoms with van der Waals surface area (Å²) in [6, 6.07) is 15.7. The van der Waals surface area contributed by atoms with Crippen molar-refractivity contribution in [1.29, 1.82) is 0 Å². The fourth-order valence-electron chi connectivity index (χ4n) is 3.70. The summed E-state index contributed by atoms with van der Waals surface area (Å²) >= 11 is 7.74. The van der Waals surface area contributed by atoms with Crippen LogP contribution in [0, 0.1) is 0 Å². The van der Waals surface area contributed by atoms with E-state index in [2.05, 4.69) is 15.3 Å². The molecular weight excluding hydrogens is 402 g/mol. The van der Waals surface area contributed by atoms with Crippen molar-refractivity contribution in [2.24, 2.45) is 0 Å². The van der Waals surface area contributed by atoms with Gasteiger partial charge < -0.3 is 10.1 Å². The highest BCUT2D eigenvalue weighted by Crippen LogP contribution is 2.38. The first-order valence-electron chi connectivity index (χ1n) is 9.76. The second-order valence-corrected chi connectivity index (χ2v) is 8.70. The summed E-state index contributed by atoms with van der Waals surface area (Å²) in [6.07, 6.45) is 6.45. The number of halogens is 1. The Balaban J connectivity index is 1.32. The Labute approximate surface area is 178 Å². The maximum absolute atomic E-state index is 5.92. The van der Waals surface area contributed by atoms with Gasteiger partial charge in [-0.15, -0.1) is 11.3 Å². The van der Waals surface area contributed by atoms with E-state index in [4.69, 9.17) is 16.3 Å². The minimum atomic E-state index is 0.511. The van der Waals surface area contributed by atoms with Crippen LogP contribution in [0.2, 0.25) is 5.02 Å². The van der Waals surface area contributed by atoms with Crippen molar-refractivity contribution in [3.05, 3.63) is 75.9 Å². The van der Waals surface area contributed by atoms with Gasteiger partial charge in [0.2, 0.25) is 0 Å². The summed E-state index contributed by atoms with van der Waals surface area (Å²) in [4.78, 5) is 11.6. The first-order valence-corrected chi connectivity index (χ1v) is 11.0. The first kappa shape index (κ1) is 18.4. The van der Waals surface area contributed by atoms with Crippen molar-refractivity contribution in [1.82, 2.24) is 9.97 Å². The molecule has 4 nitrogen and oxygen atoms in total. The van der Waals surface area contributed by atoms with Crippen LogP contribution in [0.5, 0.6) is 5.75 Å². The van der Waals surface area contributed by atoms with E-state index in [1.807, 2.05) is 59.9 Å². The summed E-state index contributed by atoms with van der Waals surface area (Å²) in [7, 11) is 0. The Bertz CT molecular complexity index is 1140. The zero-order chi connectivity index (χ0) is 19.6. The fraction of sp³-hybridized carbons (Fsp3) is 0.217. The van der Waals surface area contributed by atoms with Gasteiger partial charge in [0.05, 0.1) is 5.39 Å². The third-order valence-electron chi connectivity index (χ3n) is 5.19. The normalized spacial score (nSPS) is 13.3. The number of fused-ring (bicyclic) bond motifs is 3. The van der Waals surface area contributed by atoms with Crippen molar-refractivity contribution >= 4 is 44.7 Å². The first-order chi connectivity index (χ1) is 14.3. The van der Waals surface area contributed by atoms with Crippen molar-refractivity contribution in [2.75, 3.05) is 5.32 Å². The van der Waals surface area contributed by atoms with Crippen LogP contribution in [0.15, 0.2) is 54.9 Å². The smallest absolute Gasteiger partial charge is 0.142 e. The predicted octanol–water partition coefficient (Wildman–Crippen LogP) is 6.55. The number of nitrogens with one attached hydrogen (secondary N) is 1. The van der Waals surface area contributed by atoms with Crippen LogP contribution in [0.25, 0.3) is 10.2 Å². The number of benzene rings is 2. The fourth-order valence-corrected chi connectivity index (χ4v) is 5.06. The molecule has 0 saturated heterocycles. The number of rotatable bonds is 5. The molecule has 2 aromatic carbocycles. The van der Waals surface area contributed by atoms with Crippen LogP contribution in [0.3, 0.4) is 0 Å². The van der Waals surface area contributed by atoms with Gasteiger partial charge in [0.25, 0.3) is 0 Å². The van der Waals surface area contributed by atoms with Gasteiger partial charge in [-0.1, -0.05) is 23.7 Å². The Kier molecular flexibility index (Phi) is 5.08. The van der Waals surface area contributed by atoms with E-state index in [0.717, 1.165) is 45.5 Å². The van der Waals surface area contributed by atoms with Crippen molar-refractivity contribution in [2.45, 2.75) is 32.3 Å². The summed E-state index contributed by atoms with van der Waals surface area (Å²) in [5.74, 6) is 1.72. The van der Waals surface area contributed by atoms with Crippen molar-refractivity contribution in [3.8, 4) is 5.75 Å². The summed E-state index contributed by atoms with van der Waals surface area (Å²) < 4.78 is 5.87. The number of hydrogen-bond donors (Lipinski definition) is 1. The van der Waals surface area contributed by atoms with Crippen LogP contribution in [0.1, 0.15) is 28.8 Å². The molecular formula is C23H20ClN3OS. The monoisotopic (exact) mass is 421 g/mol. The third kappa shape index (κ3) is 3.93. The molecule has 0 fully saturated rings. The minimum absolute atomic E-state index is 0.511. The molecule has 0 saturated carbocycles. The maximum atomic E-state index is 5.92. The lowest BCUT2D eigenvalue weighted by molar-refractivity contribution is 0.306. The number of ether oxygens (including phenoxy) is 1. The Morgan fingerprint density at radius 1 is 0.966 bits per heavy atom. The molecule has 0 unspecified atom stereocenters. The molecule has 4 aromatic rings. The number of nitrogens with zero attached hydrogens (tertiary/aromatic N) is 2. The molecule has 1 aliphatic carbocycles. The quantitative estimate of drug-likeness (QED) is 0.397. The number of anilines is 2. The van der Waals surface area contributed by atoms with Crippen LogP contribution in [-0.2, 0) is 19.4 Å². The van der Waals surface area contributed by atoms with Gasteiger partial charge in [-0.05, 0) is 73.2 Å². The molecule has 1 N–H and O–H groups in total. The lowest BCUT2D eigenvalue weighted by atomic mass is 9.97. The molecule has 5 rings (SSSR count). The van der Waals surface area contributed by atoms with Crippen LogP contribution < -0.4 is 10.1 Å². The number of hydrogen-bond acceptors (Lipinski definition) is 5. The largest absolute Gasteiger partial charge is 0.489 e. The summed E-state index contributed by atoms with van der Waals surface area (Å²) in [6.45, 7) is 0.511. The molecule has 2 aromatic heterocycles. The SMILES string of the molecule is Clc1ccc(COc2ccc(Nc3ncnc4sc5c(c34)CCCC5)cc2)cc1. The van der Waals surface area contributed by atoms with Crippen molar-refractivity contribution < 1.29 is 4.74 Å². The lowest BCUT2D eigenvalue weighted by Crippen LogP contribution is -2.01. The average Bonchev–Trinajstić information content (AvgIpc) is 3.14. The van der Waals surface area contributed by atoms with Crippen LogP contribution in [-0.4, -0.2) is 9.97 Å². The van der Waals surface area contributed by atoms with E-state index in [0.29, 0.717) is 6.61 Å². The Morgan fingerprint density at radius 2 is 1.76 bits per heavy atom. The van der Waals surface area contributed by atoms with E-state index >= 15 is 0 Å². The standard InChI is InChI=1S/C23H20ClN3OS/c24-16-7-5-15(6-8-16)13-28-18-11-9-17(10-12-18)27-22-21-19-3-1-2-4-20(19)29-23(21)26-14-25-22/h5-12,14H,1-4,13H2,(H,25,26,27). The maximum Gasteiger partial charge on any atom is 0.142 e. The molecule has 0 bridgehead atoms. The average molecular weight is 422 g/mol. The predicted molar refractivity (Wildman–Crippen MR) is 120 cm³/mol. The van der Waals surface area contributed by atoms with Gasteiger partial charge >= 0.3 is 0 Å². The highest BCUT2D eigenvalue weighted by atomic mass is 35.5. The molecule has 2 heterocycles. The molecule has 0 amide bonds. The number of thiophene rings is 1. The van der Waals surface area contributed by atoms with Gasteiger partial charge in [-0.2, -0.15) is 0 Å². The van der Waals surface area contributed by atoms with Crippen LogP contribution >= 0.6 is 22.9 Å². The van der Waals surface area contributed by atoms with Gasteiger partial charge in [0.1, 0.15) is 29.3 Å². The molecule has 6 heteroatoms. The van der Waals surface area contributed by atoms with E-state index in [-0.39, 0.29) is 0 Å². The van der Waals surface area contributed by atoms with Crippen molar-refractivity contribution in [3.63, 3.8) is 0 Å². The highest BCUT2D eigenvalue weighted by Gasteiger charge is 2.19. The number of aryl methyl sites for hydroxylation is 2. The van der Waals surface area contributed by atoms with E-state index < -0.39 is 0 Å². The van der Waals surface area contributed by atoms with Gasteiger partial charge in [0, 0.05) is 15.6 Å². The molecule has 29 heavy (non-hydrogen) atoms.